The average Bonchev–Trinajstić information content (AvgIpc) is 3.11. The maximum absolute atomic E-state index is 13.1. The molecule has 0 saturated heterocycles. The summed E-state index contributed by atoms with van der Waals surface area (Å²) < 4.78 is 8.38. The third-order valence-corrected chi connectivity index (χ3v) is 5.71. The van der Waals surface area contributed by atoms with E-state index in [1.54, 1.807) is 56.1 Å². The lowest BCUT2D eigenvalue weighted by Gasteiger charge is -2.07. The second-order valence-electron chi connectivity index (χ2n) is 8.07. The number of aromatic nitrogens is 2. The molecule has 1 aromatic heterocycles. The first-order valence-corrected chi connectivity index (χ1v) is 11.3. The van der Waals surface area contributed by atoms with Crippen LogP contribution in [-0.4, -0.2) is 28.3 Å². The zero-order valence-electron chi connectivity index (χ0n) is 20.2. The van der Waals surface area contributed by atoms with Crippen LogP contribution in [0.5, 0.6) is 5.75 Å². The van der Waals surface area contributed by atoms with Gasteiger partial charge in [-0.25, -0.2) is 4.68 Å². The van der Waals surface area contributed by atoms with E-state index in [0.717, 1.165) is 5.56 Å². The summed E-state index contributed by atoms with van der Waals surface area (Å²) in [5.74, 6) is -0.107. The third kappa shape index (κ3) is 5.28. The van der Waals surface area contributed by atoms with Crippen LogP contribution < -0.4 is 20.9 Å². The summed E-state index contributed by atoms with van der Waals surface area (Å²) in [5.41, 5.74) is 2.75. The van der Waals surface area contributed by atoms with Crippen molar-refractivity contribution in [1.82, 2.24) is 9.36 Å². The van der Waals surface area contributed by atoms with Crippen molar-refractivity contribution in [3.8, 4) is 11.4 Å². The number of methoxy groups -OCH3 is 1. The molecule has 36 heavy (non-hydrogen) atoms. The second-order valence-corrected chi connectivity index (χ2v) is 8.07. The number of ether oxygens (including phenoxy) is 1. The van der Waals surface area contributed by atoms with Crippen molar-refractivity contribution >= 4 is 29.3 Å². The van der Waals surface area contributed by atoms with Crippen LogP contribution in [0.1, 0.15) is 21.6 Å². The van der Waals surface area contributed by atoms with E-state index in [0.29, 0.717) is 28.4 Å². The van der Waals surface area contributed by atoms with Gasteiger partial charge in [-0.15, -0.1) is 0 Å². The number of benzene rings is 3. The summed E-state index contributed by atoms with van der Waals surface area (Å²) in [7, 11) is 3.34. The number of nitrogens with zero attached hydrogens (tertiary/aromatic N) is 2. The fourth-order valence-electron chi connectivity index (χ4n) is 3.74. The van der Waals surface area contributed by atoms with Crippen LogP contribution in [-0.2, 0) is 11.8 Å². The SMILES string of the molecule is COc1cccc(/C=C/C(=O)Nc2cccc(C(=O)Nc3c(C)n(C)n(-c4ccccc4)c3=O)c2)c1. The van der Waals surface area contributed by atoms with Crippen LogP contribution in [0.4, 0.5) is 11.4 Å². The van der Waals surface area contributed by atoms with Gasteiger partial charge in [0.05, 0.1) is 18.5 Å². The molecule has 0 unspecified atom stereocenters. The van der Waals surface area contributed by atoms with E-state index in [4.69, 9.17) is 4.74 Å². The van der Waals surface area contributed by atoms with Gasteiger partial charge in [0, 0.05) is 24.4 Å². The Labute approximate surface area is 208 Å². The maximum Gasteiger partial charge on any atom is 0.295 e. The van der Waals surface area contributed by atoms with Gasteiger partial charge >= 0.3 is 0 Å². The second kappa shape index (κ2) is 10.6. The molecule has 0 saturated carbocycles. The number of para-hydroxylation sites is 1. The van der Waals surface area contributed by atoms with E-state index in [9.17, 15) is 14.4 Å². The Morgan fingerprint density at radius 2 is 1.67 bits per heavy atom. The van der Waals surface area contributed by atoms with E-state index >= 15 is 0 Å². The summed E-state index contributed by atoms with van der Waals surface area (Å²) in [4.78, 5) is 38.5. The lowest BCUT2D eigenvalue weighted by molar-refractivity contribution is -0.111. The van der Waals surface area contributed by atoms with Gasteiger partial charge < -0.3 is 15.4 Å². The largest absolute Gasteiger partial charge is 0.497 e. The molecule has 4 aromatic rings. The minimum Gasteiger partial charge on any atom is -0.497 e. The monoisotopic (exact) mass is 482 g/mol. The molecule has 2 amide bonds. The van der Waals surface area contributed by atoms with E-state index in [1.807, 2.05) is 54.6 Å². The molecule has 0 bridgehead atoms. The van der Waals surface area contributed by atoms with Gasteiger partial charge in [-0.05, 0) is 61.0 Å². The van der Waals surface area contributed by atoms with Crippen LogP contribution in [0.3, 0.4) is 0 Å². The fraction of sp³-hybridized carbons (Fsp3) is 0.107. The topological polar surface area (TPSA) is 94.4 Å². The number of hydrogen-bond donors (Lipinski definition) is 2. The molecule has 8 nitrogen and oxygen atoms in total. The van der Waals surface area contributed by atoms with Gasteiger partial charge in [-0.3, -0.25) is 19.1 Å². The number of carbonyl (C=O) groups excluding carboxylic acids is 2. The summed E-state index contributed by atoms with van der Waals surface area (Å²) in [6, 6.07) is 23.0. The highest BCUT2D eigenvalue weighted by molar-refractivity contribution is 6.06. The predicted molar refractivity (Wildman–Crippen MR) is 141 cm³/mol. The molecule has 0 radical (unpaired) electrons. The molecule has 182 valence electrons. The summed E-state index contributed by atoms with van der Waals surface area (Å²) in [6.45, 7) is 1.77. The number of anilines is 2. The molecule has 1 heterocycles. The highest BCUT2D eigenvalue weighted by Crippen LogP contribution is 2.17. The Hall–Kier alpha value is -4.85. The highest BCUT2D eigenvalue weighted by atomic mass is 16.5. The van der Waals surface area contributed by atoms with Crippen molar-refractivity contribution < 1.29 is 14.3 Å². The summed E-state index contributed by atoms with van der Waals surface area (Å²) in [6.07, 6.45) is 3.07. The van der Waals surface area contributed by atoms with E-state index < -0.39 is 5.91 Å². The maximum atomic E-state index is 13.1. The van der Waals surface area contributed by atoms with Crippen LogP contribution in [0, 0.1) is 6.92 Å². The first kappa shape index (κ1) is 24.3. The molecular weight excluding hydrogens is 456 g/mol. The molecule has 0 aliphatic heterocycles. The van der Waals surface area contributed by atoms with Crippen molar-refractivity contribution in [3.05, 3.63) is 112 Å². The van der Waals surface area contributed by atoms with E-state index in [1.165, 1.54) is 10.8 Å². The molecule has 3 aromatic carbocycles. The Morgan fingerprint density at radius 3 is 2.42 bits per heavy atom. The first-order valence-electron chi connectivity index (χ1n) is 11.3. The van der Waals surface area contributed by atoms with Crippen LogP contribution >= 0.6 is 0 Å². The quantitative estimate of drug-likeness (QED) is 0.382. The Balaban J connectivity index is 1.49. The van der Waals surface area contributed by atoms with Gasteiger partial charge in [0.25, 0.3) is 11.5 Å². The van der Waals surface area contributed by atoms with Crippen molar-refractivity contribution in [3.63, 3.8) is 0 Å². The zero-order valence-corrected chi connectivity index (χ0v) is 20.2. The normalized spacial score (nSPS) is 10.9. The van der Waals surface area contributed by atoms with E-state index in [-0.39, 0.29) is 17.2 Å². The summed E-state index contributed by atoms with van der Waals surface area (Å²) >= 11 is 0. The molecular formula is C28H26N4O4. The van der Waals surface area contributed by atoms with Crippen molar-refractivity contribution in [2.24, 2.45) is 7.05 Å². The Kier molecular flexibility index (Phi) is 7.15. The van der Waals surface area contributed by atoms with Gasteiger partial charge in [-0.1, -0.05) is 36.4 Å². The lowest BCUT2D eigenvalue weighted by atomic mass is 10.1. The van der Waals surface area contributed by atoms with Gasteiger partial charge in [-0.2, -0.15) is 0 Å². The minimum absolute atomic E-state index is 0.196. The average molecular weight is 483 g/mol. The molecule has 0 aliphatic rings. The molecule has 0 fully saturated rings. The predicted octanol–water partition coefficient (Wildman–Crippen LogP) is 4.40. The van der Waals surface area contributed by atoms with E-state index in [2.05, 4.69) is 10.6 Å². The molecule has 8 heteroatoms. The molecule has 2 N–H and O–H groups in total. The van der Waals surface area contributed by atoms with Crippen LogP contribution in [0.25, 0.3) is 11.8 Å². The van der Waals surface area contributed by atoms with Crippen molar-refractivity contribution in [2.75, 3.05) is 17.7 Å². The van der Waals surface area contributed by atoms with Gasteiger partial charge in [0.1, 0.15) is 11.4 Å². The lowest BCUT2D eigenvalue weighted by Crippen LogP contribution is -2.23. The number of carbonyl (C=O) groups is 2. The van der Waals surface area contributed by atoms with Gasteiger partial charge in [0.15, 0.2) is 0 Å². The van der Waals surface area contributed by atoms with Crippen molar-refractivity contribution in [2.45, 2.75) is 6.92 Å². The van der Waals surface area contributed by atoms with Crippen LogP contribution in [0.15, 0.2) is 89.7 Å². The number of amides is 2. The molecule has 4 rings (SSSR count). The minimum atomic E-state index is -0.455. The third-order valence-electron chi connectivity index (χ3n) is 5.71. The smallest absolute Gasteiger partial charge is 0.295 e. The molecule has 0 spiro atoms. The molecule has 0 aliphatic carbocycles. The number of rotatable bonds is 7. The number of nitrogens with one attached hydrogen (secondary N) is 2. The zero-order chi connectivity index (χ0) is 25.7. The fourth-order valence-corrected chi connectivity index (χ4v) is 3.74. The molecule has 0 atom stereocenters. The van der Waals surface area contributed by atoms with Gasteiger partial charge in [0.2, 0.25) is 5.91 Å². The van der Waals surface area contributed by atoms with Crippen LogP contribution in [0.2, 0.25) is 0 Å². The highest BCUT2D eigenvalue weighted by Gasteiger charge is 2.19. The van der Waals surface area contributed by atoms with Crippen molar-refractivity contribution in [1.29, 1.82) is 0 Å². The first-order chi connectivity index (χ1) is 17.4. The Bertz CT molecular complexity index is 1500. The Morgan fingerprint density at radius 1 is 0.917 bits per heavy atom. The standard InChI is InChI=1S/C28H26N4O4/c1-19-26(28(35)32(31(19)2)23-12-5-4-6-13-23)30-27(34)21-10-8-11-22(18-21)29-25(33)16-15-20-9-7-14-24(17-20)36-3/h4-18H,1-3H3,(H,29,33)(H,30,34)/b16-15+. The summed E-state index contributed by atoms with van der Waals surface area (Å²) in [5, 5.41) is 5.48. The number of hydrogen-bond acceptors (Lipinski definition) is 4.